The van der Waals surface area contributed by atoms with Crippen LogP contribution in [0, 0.1) is 0 Å². The lowest BCUT2D eigenvalue weighted by Crippen LogP contribution is -2.19. The van der Waals surface area contributed by atoms with E-state index in [9.17, 15) is 0 Å². The summed E-state index contributed by atoms with van der Waals surface area (Å²) in [6.45, 7) is 4.82. The highest BCUT2D eigenvalue weighted by Crippen LogP contribution is 1.99. The predicted octanol–water partition coefficient (Wildman–Crippen LogP) is 5.67. The third kappa shape index (κ3) is 18.9. The van der Waals surface area contributed by atoms with E-state index in [1.165, 1.54) is 25.8 Å². The number of nitrogens with zero attached hydrogens (tertiary/aromatic N) is 1. The first-order chi connectivity index (χ1) is 11.8. The van der Waals surface area contributed by atoms with E-state index < -0.39 is 0 Å². The number of aliphatic hydroxyl groups is 1. The van der Waals surface area contributed by atoms with E-state index >= 15 is 0 Å². The van der Waals surface area contributed by atoms with Crippen molar-refractivity contribution >= 4 is 0 Å². The molecule has 0 aliphatic carbocycles. The summed E-state index contributed by atoms with van der Waals surface area (Å²) in [5.74, 6) is 0. The van der Waals surface area contributed by atoms with Crippen LogP contribution >= 0.6 is 0 Å². The van der Waals surface area contributed by atoms with E-state index in [4.69, 9.17) is 5.11 Å². The van der Waals surface area contributed by atoms with E-state index in [1.54, 1.807) is 0 Å². The lowest BCUT2D eigenvalue weighted by molar-refractivity contribution is 0.285. The zero-order valence-electron chi connectivity index (χ0n) is 16.0. The van der Waals surface area contributed by atoms with Gasteiger partial charge in [-0.15, -0.1) is 0 Å². The standard InChI is InChI=1S/C22H39NO/c1-3-4-17-20-23(2)21-18-15-13-11-9-7-5-6-8-10-12-14-16-19-22-24/h5-6,9-12,15,18,24H,3-4,7-8,13-14,16-17,19-22H2,1-2H3/b6-5-,11-9-,12-10-,18-15-. The number of rotatable bonds is 16. The zero-order chi connectivity index (χ0) is 17.7. The maximum Gasteiger partial charge on any atom is 0.0431 e. The average molecular weight is 334 g/mol. The Morgan fingerprint density at radius 3 is 1.88 bits per heavy atom. The van der Waals surface area contributed by atoms with E-state index in [2.05, 4.69) is 67.5 Å². The summed E-state index contributed by atoms with van der Waals surface area (Å²) in [5, 5.41) is 8.67. The molecule has 0 aliphatic rings. The van der Waals surface area contributed by atoms with Crippen molar-refractivity contribution in [1.29, 1.82) is 0 Å². The minimum atomic E-state index is 0.310. The molecule has 0 aliphatic heterocycles. The van der Waals surface area contributed by atoms with Crippen LogP contribution in [0.15, 0.2) is 48.6 Å². The van der Waals surface area contributed by atoms with Gasteiger partial charge in [-0.1, -0.05) is 68.4 Å². The van der Waals surface area contributed by atoms with Gasteiger partial charge in [0.1, 0.15) is 0 Å². The van der Waals surface area contributed by atoms with Crippen LogP contribution in [-0.4, -0.2) is 36.8 Å². The van der Waals surface area contributed by atoms with Crippen molar-refractivity contribution in [3.8, 4) is 0 Å². The van der Waals surface area contributed by atoms with Gasteiger partial charge in [0.2, 0.25) is 0 Å². The molecule has 0 saturated heterocycles. The molecule has 2 nitrogen and oxygen atoms in total. The fourth-order valence-corrected chi connectivity index (χ4v) is 2.28. The molecule has 0 heterocycles. The first kappa shape index (κ1) is 22.9. The van der Waals surface area contributed by atoms with Crippen molar-refractivity contribution in [2.45, 2.75) is 64.7 Å². The summed E-state index contributed by atoms with van der Waals surface area (Å²) in [6, 6.07) is 0. The minimum Gasteiger partial charge on any atom is -0.396 e. The predicted molar refractivity (Wildman–Crippen MR) is 108 cm³/mol. The average Bonchev–Trinajstić information content (AvgIpc) is 2.58. The summed E-state index contributed by atoms with van der Waals surface area (Å²) in [7, 11) is 2.20. The summed E-state index contributed by atoms with van der Waals surface area (Å²) in [5.41, 5.74) is 0. The number of unbranched alkanes of at least 4 members (excludes halogenated alkanes) is 4. The number of aliphatic hydroxyl groups excluding tert-OH is 1. The molecule has 0 radical (unpaired) electrons. The van der Waals surface area contributed by atoms with Crippen molar-refractivity contribution in [3.63, 3.8) is 0 Å². The van der Waals surface area contributed by atoms with Crippen molar-refractivity contribution in [2.24, 2.45) is 0 Å². The molecule has 138 valence electrons. The smallest absolute Gasteiger partial charge is 0.0431 e. The molecule has 0 aromatic heterocycles. The Morgan fingerprint density at radius 1 is 0.708 bits per heavy atom. The van der Waals surface area contributed by atoms with E-state index in [0.29, 0.717) is 6.61 Å². The summed E-state index contributed by atoms with van der Waals surface area (Å²) < 4.78 is 0. The Labute approximate surface area is 150 Å². The lowest BCUT2D eigenvalue weighted by Gasteiger charge is -2.13. The number of hydrogen-bond acceptors (Lipinski definition) is 2. The maximum absolute atomic E-state index is 8.67. The molecule has 0 fully saturated rings. The summed E-state index contributed by atoms with van der Waals surface area (Å²) in [6.07, 6.45) is 27.9. The van der Waals surface area contributed by atoms with Gasteiger partial charge in [-0.25, -0.2) is 0 Å². The zero-order valence-corrected chi connectivity index (χ0v) is 16.0. The highest BCUT2D eigenvalue weighted by molar-refractivity contribution is 4.99. The second-order valence-corrected chi connectivity index (χ2v) is 6.28. The fraction of sp³-hybridized carbons (Fsp3) is 0.636. The van der Waals surface area contributed by atoms with Crippen LogP contribution in [0.1, 0.15) is 64.7 Å². The van der Waals surface area contributed by atoms with Gasteiger partial charge in [0.15, 0.2) is 0 Å². The first-order valence-corrected chi connectivity index (χ1v) is 9.70. The number of allylic oxidation sites excluding steroid dienone is 7. The molecule has 2 heteroatoms. The monoisotopic (exact) mass is 333 g/mol. The molecule has 1 N–H and O–H groups in total. The first-order valence-electron chi connectivity index (χ1n) is 9.70. The van der Waals surface area contributed by atoms with Crippen LogP contribution in [0.4, 0.5) is 0 Å². The van der Waals surface area contributed by atoms with Crippen molar-refractivity contribution in [1.82, 2.24) is 4.90 Å². The van der Waals surface area contributed by atoms with Crippen LogP contribution in [0.5, 0.6) is 0 Å². The van der Waals surface area contributed by atoms with Gasteiger partial charge in [-0.05, 0) is 58.5 Å². The molecule has 0 bridgehead atoms. The van der Waals surface area contributed by atoms with Crippen LogP contribution in [-0.2, 0) is 0 Å². The number of likely N-dealkylation sites (N-methyl/N-ethyl adjacent to an activating group) is 1. The lowest BCUT2D eigenvalue weighted by atomic mass is 10.2. The van der Waals surface area contributed by atoms with E-state index in [-0.39, 0.29) is 0 Å². The van der Waals surface area contributed by atoms with Gasteiger partial charge < -0.3 is 10.0 Å². The van der Waals surface area contributed by atoms with Gasteiger partial charge >= 0.3 is 0 Å². The third-order valence-corrected chi connectivity index (χ3v) is 3.82. The molecule has 0 saturated carbocycles. The van der Waals surface area contributed by atoms with Crippen molar-refractivity contribution in [2.75, 3.05) is 26.7 Å². The Kier molecular flexibility index (Phi) is 19.0. The molecule has 24 heavy (non-hydrogen) atoms. The van der Waals surface area contributed by atoms with Crippen LogP contribution in [0.2, 0.25) is 0 Å². The second kappa shape index (κ2) is 19.9. The molecule has 0 aromatic rings. The Balaban J connectivity index is 3.48. The molecular weight excluding hydrogens is 294 g/mol. The molecule has 0 rings (SSSR count). The topological polar surface area (TPSA) is 23.5 Å². The SMILES string of the molecule is CCCCCN(C)C/C=C\C/C=C\C/C=C\C/C=C\CCCCO. The molecule has 0 atom stereocenters. The maximum atomic E-state index is 8.67. The van der Waals surface area contributed by atoms with Crippen LogP contribution < -0.4 is 0 Å². The quantitative estimate of drug-likeness (QED) is 0.291. The highest BCUT2D eigenvalue weighted by Gasteiger charge is 1.93. The van der Waals surface area contributed by atoms with Crippen LogP contribution in [0.3, 0.4) is 0 Å². The highest BCUT2D eigenvalue weighted by atomic mass is 16.2. The molecular formula is C22H39NO. The normalized spacial score (nSPS) is 12.8. The summed E-state index contributed by atoms with van der Waals surface area (Å²) in [4.78, 5) is 2.38. The minimum absolute atomic E-state index is 0.310. The molecule has 0 aromatic carbocycles. The largest absolute Gasteiger partial charge is 0.396 e. The van der Waals surface area contributed by atoms with Gasteiger partial charge in [-0.2, -0.15) is 0 Å². The van der Waals surface area contributed by atoms with Gasteiger partial charge in [0.25, 0.3) is 0 Å². The molecule has 0 unspecified atom stereocenters. The number of hydrogen-bond donors (Lipinski definition) is 1. The Morgan fingerprint density at radius 2 is 1.29 bits per heavy atom. The Bertz CT molecular complexity index is 355. The van der Waals surface area contributed by atoms with Gasteiger partial charge in [-0.3, -0.25) is 0 Å². The third-order valence-electron chi connectivity index (χ3n) is 3.82. The van der Waals surface area contributed by atoms with E-state index in [1.807, 2.05) is 0 Å². The molecule has 0 spiro atoms. The van der Waals surface area contributed by atoms with Crippen LogP contribution in [0.25, 0.3) is 0 Å². The van der Waals surface area contributed by atoms with Crippen molar-refractivity contribution in [3.05, 3.63) is 48.6 Å². The second-order valence-electron chi connectivity index (χ2n) is 6.28. The van der Waals surface area contributed by atoms with E-state index in [0.717, 1.165) is 45.1 Å². The van der Waals surface area contributed by atoms with Gasteiger partial charge in [0.05, 0.1) is 0 Å². The van der Waals surface area contributed by atoms with Crippen molar-refractivity contribution < 1.29 is 5.11 Å². The fourth-order valence-electron chi connectivity index (χ4n) is 2.28. The summed E-state index contributed by atoms with van der Waals surface area (Å²) >= 11 is 0. The molecule has 0 amide bonds. The Hall–Kier alpha value is -1.12. The van der Waals surface area contributed by atoms with Gasteiger partial charge in [0, 0.05) is 13.2 Å².